The van der Waals surface area contributed by atoms with Crippen LogP contribution in [0.25, 0.3) is 0 Å². The van der Waals surface area contributed by atoms with E-state index >= 15 is 0 Å². The van der Waals surface area contributed by atoms with E-state index in [1.807, 2.05) is 6.92 Å². The van der Waals surface area contributed by atoms with E-state index in [0.29, 0.717) is 23.7 Å². The highest BCUT2D eigenvalue weighted by Crippen LogP contribution is 2.29. The maximum absolute atomic E-state index is 12.4. The van der Waals surface area contributed by atoms with Crippen LogP contribution in [0.5, 0.6) is 5.75 Å². The first-order chi connectivity index (χ1) is 12.2. The van der Waals surface area contributed by atoms with Gasteiger partial charge in [0.15, 0.2) is 0 Å². The second kappa shape index (κ2) is 8.20. The number of amides is 1. The number of carbonyl (C=O) groups excluding carboxylic acids is 1. The summed E-state index contributed by atoms with van der Waals surface area (Å²) >= 11 is 0. The molecule has 8 heteroatoms. The lowest BCUT2D eigenvalue weighted by molar-refractivity contribution is -0.115. The summed E-state index contributed by atoms with van der Waals surface area (Å²) in [5.41, 5.74) is 7.37. The van der Waals surface area contributed by atoms with Gasteiger partial charge in [0, 0.05) is 19.8 Å². The van der Waals surface area contributed by atoms with Crippen molar-refractivity contribution in [3.63, 3.8) is 0 Å². The van der Waals surface area contributed by atoms with Crippen molar-refractivity contribution in [3.8, 4) is 5.75 Å². The lowest BCUT2D eigenvalue weighted by Crippen LogP contribution is -2.22. The maximum Gasteiger partial charge on any atom is 0.242 e. The molecule has 0 aromatic heterocycles. The van der Waals surface area contributed by atoms with Crippen LogP contribution in [-0.4, -0.2) is 39.3 Å². The average Bonchev–Trinajstić information content (AvgIpc) is 2.58. The minimum atomic E-state index is -3.62. The van der Waals surface area contributed by atoms with E-state index in [2.05, 4.69) is 5.32 Å². The summed E-state index contributed by atoms with van der Waals surface area (Å²) in [4.78, 5) is 12.4. The number of nitrogen functional groups attached to an aromatic ring is 1. The topological polar surface area (TPSA) is 102 Å². The molecule has 0 aliphatic carbocycles. The zero-order valence-corrected chi connectivity index (χ0v) is 15.8. The highest BCUT2D eigenvalue weighted by atomic mass is 32.2. The van der Waals surface area contributed by atoms with Gasteiger partial charge in [-0.1, -0.05) is 12.1 Å². The van der Waals surface area contributed by atoms with E-state index < -0.39 is 10.0 Å². The minimum absolute atomic E-state index is 0.0775. The quantitative estimate of drug-likeness (QED) is 0.720. The van der Waals surface area contributed by atoms with Gasteiger partial charge in [0.25, 0.3) is 0 Å². The Bertz CT molecular complexity index is 878. The molecule has 0 aliphatic heterocycles. The number of nitrogens with two attached hydrogens (primary N) is 1. The molecule has 0 saturated carbocycles. The average molecular weight is 377 g/mol. The molecule has 2 aromatic rings. The van der Waals surface area contributed by atoms with Gasteiger partial charge in [0.05, 0.1) is 23.6 Å². The smallest absolute Gasteiger partial charge is 0.242 e. The molecular formula is C18H23N3O4S. The van der Waals surface area contributed by atoms with Crippen LogP contribution in [0.2, 0.25) is 0 Å². The Balaban J connectivity index is 2.27. The maximum atomic E-state index is 12.4. The predicted molar refractivity (Wildman–Crippen MR) is 102 cm³/mol. The van der Waals surface area contributed by atoms with Gasteiger partial charge in [-0.2, -0.15) is 0 Å². The first-order valence-corrected chi connectivity index (χ1v) is 9.51. The fourth-order valence-electron chi connectivity index (χ4n) is 2.27. The zero-order valence-electron chi connectivity index (χ0n) is 15.0. The third kappa shape index (κ3) is 4.74. The highest BCUT2D eigenvalue weighted by molar-refractivity contribution is 7.89. The number of anilines is 2. The largest absolute Gasteiger partial charge is 0.492 e. The SMILES string of the molecule is CCOc1ccc(S(=O)(=O)N(C)C)cc1NC(=O)Cc1ccc(N)cc1. The van der Waals surface area contributed by atoms with E-state index in [0.717, 1.165) is 9.87 Å². The van der Waals surface area contributed by atoms with Crippen molar-refractivity contribution in [3.05, 3.63) is 48.0 Å². The third-order valence-electron chi connectivity index (χ3n) is 3.65. The van der Waals surface area contributed by atoms with E-state index in [4.69, 9.17) is 10.5 Å². The summed E-state index contributed by atoms with van der Waals surface area (Å²) in [5, 5.41) is 2.73. The summed E-state index contributed by atoms with van der Waals surface area (Å²) in [6.45, 7) is 2.20. The minimum Gasteiger partial charge on any atom is -0.492 e. The molecule has 0 heterocycles. The molecule has 140 valence electrons. The van der Waals surface area contributed by atoms with E-state index in [9.17, 15) is 13.2 Å². The lowest BCUT2D eigenvalue weighted by atomic mass is 10.1. The summed E-state index contributed by atoms with van der Waals surface area (Å²) < 4.78 is 31.3. The third-order valence-corrected chi connectivity index (χ3v) is 5.46. The molecule has 0 bridgehead atoms. The summed E-state index contributed by atoms with van der Waals surface area (Å²) in [6.07, 6.45) is 0.135. The van der Waals surface area contributed by atoms with Crippen LogP contribution in [0.1, 0.15) is 12.5 Å². The second-order valence-electron chi connectivity index (χ2n) is 5.84. The number of sulfonamides is 1. The van der Waals surface area contributed by atoms with Crippen molar-refractivity contribution < 1.29 is 17.9 Å². The summed E-state index contributed by atoms with van der Waals surface area (Å²) in [7, 11) is -0.719. The van der Waals surface area contributed by atoms with Gasteiger partial charge in [-0.05, 0) is 42.8 Å². The number of ether oxygens (including phenoxy) is 1. The first-order valence-electron chi connectivity index (χ1n) is 8.07. The van der Waals surface area contributed by atoms with Gasteiger partial charge in [-0.25, -0.2) is 12.7 Å². The molecule has 0 aliphatic rings. The normalized spacial score (nSPS) is 11.4. The number of hydrogen-bond donors (Lipinski definition) is 2. The van der Waals surface area contributed by atoms with Crippen LogP contribution in [0, 0.1) is 0 Å². The van der Waals surface area contributed by atoms with Crippen molar-refractivity contribution in [2.24, 2.45) is 0 Å². The number of carbonyl (C=O) groups is 1. The Labute approximate surface area is 153 Å². The molecular weight excluding hydrogens is 354 g/mol. The number of rotatable bonds is 7. The molecule has 0 spiro atoms. The molecule has 0 fully saturated rings. The Hall–Kier alpha value is -2.58. The van der Waals surface area contributed by atoms with Gasteiger partial charge in [-0.15, -0.1) is 0 Å². The summed E-state index contributed by atoms with van der Waals surface area (Å²) in [5.74, 6) is 0.131. The Morgan fingerprint density at radius 3 is 2.38 bits per heavy atom. The van der Waals surface area contributed by atoms with Crippen LogP contribution >= 0.6 is 0 Å². The molecule has 0 unspecified atom stereocenters. The number of benzene rings is 2. The molecule has 3 N–H and O–H groups in total. The first kappa shape index (κ1) is 19.7. The van der Waals surface area contributed by atoms with Gasteiger partial charge in [0.1, 0.15) is 5.75 Å². The van der Waals surface area contributed by atoms with Crippen molar-refractivity contribution in [1.29, 1.82) is 0 Å². The highest BCUT2D eigenvalue weighted by Gasteiger charge is 2.20. The van der Waals surface area contributed by atoms with E-state index in [-0.39, 0.29) is 17.2 Å². The van der Waals surface area contributed by atoms with Crippen LogP contribution in [0.3, 0.4) is 0 Å². The molecule has 0 atom stereocenters. The second-order valence-corrected chi connectivity index (χ2v) is 8.00. The molecule has 26 heavy (non-hydrogen) atoms. The number of hydrogen-bond acceptors (Lipinski definition) is 5. The summed E-state index contributed by atoms with van der Waals surface area (Å²) in [6, 6.07) is 11.4. The van der Waals surface area contributed by atoms with E-state index in [1.54, 1.807) is 30.3 Å². The van der Waals surface area contributed by atoms with Crippen molar-refractivity contribution >= 4 is 27.3 Å². The van der Waals surface area contributed by atoms with Crippen LogP contribution in [-0.2, 0) is 21.2 Å². The molecule has 0 saturated heterocycles. The molecule has 1 amide bonds. The van der Waals surface area contributed by atoms with Gasteiger partial charge >= 0.3 is 0 Å². The van der Waals surface area contributed by atoms with Crippen molar-refractivity contribution in [1.82, 2.24) is 4.31 Å². The molecule has 0 radical (unpaired) electrons. The monoisotopic (exact) mass is 377 g/mol. The van der Waals surface area contributed by atoms with Crippen LogP contribution in [0.4, 0.5) is 11.4 Å². The lowest BCUT2D eigenvalue weighted by Gasteiger charge is -2.16. The Morgan fingerprint density at radius 2 is 1.81 bits per heavy atom. The number of nitrogens with one attached hydrogen (secondary N) is 1. The zero-order chi connectivity index (χ0) is 19.3. The fourth-order valence-corrected chi connectivity index (χ4v) is 3.20. The number of nitrogens with zero attached hydrogens (tertiary/aromatic N) is 1. The standard InChI is InChI=1S/C18H23N3O4S/c1-4-25-17-10-9-15(26(23,24)21(2)3)12-16(17)20-18(22)11-13-5-7-14(19)8-6-13/h5-10,12H,4,11,19H2,1-3H3,(H,20,22). The van der Waals surface area contributed by atoms with Crippen molar-refractivity contribution in [2.75, 3.05) is 31.8 Å². The van der Waals surface area contributed by atoms with Crippen LogP contribution in [0.15, 0.2) is 47.4 Å². The Morgan fingerprint density at radius 1 is 1.15 bits per heavy atom. The van der Waals surface area contributed by atoms with Gasteiger partial charge < -0.3 is 15.8 Å². The van der Waals surface area contributed by atoms with Gasteiger partial charge in [-0.3, -0.25) is 4.79 Å². The van der Waals surface area contributed by atoms with Crippen LogP contribution < -0.4 is 15.8 Å². The van der Waals surface area contributed by atoms with Gasteiger partial charge in [0.2, 0.25) is 15.9 Å². The molecule has 2 rings (SSSR count). The van der Waals surface area contributed by atoms with Crippen molar-refractivity contribution in [2.45, 2.75) is 18.2 Å². The fraction of sp³-hybridized carbons (Fsp3) is 0.278. The molecule has 7 nitrogen and oxygen atoms in total. The molecule has 2 aromatic carbocycles. The Kier molecular flexibility index (Phi) is 6.23. The van der Waals surface area contributed by atoms with E-state index in [1.165, 1.54) is 26.2 Å². The predicted octanol–water partition coefficient (Wildman–Crippen LogP) is 2.10.